The second-order valence-corrected chi connectivity index (χ2v) is 10.1. The number of alkyl halides is 3. The van der Waals surface area contributed by atoms with Gasteiger partial charge in [0.25, 0.3) is 0 Å². The fourth-order valence-corrected chi connectivity index (χ4v) is 5.45. The van der Waals surface area contributed by atoms with Crippen LogP contribution in [0.25, 0.3) is 11.1 Å². The first-order chi connectivity index (χ1) is 18.0. The number of amides is 1. The van der Waals surface area contributed by atoms with Crippen molar-refractivity contribution >= 4 is 29.2 Å². The second-order valence-electron chi connectivity index (χ2n) is 9.69. The summed E-state index contributed by atoms with van der Waals surface area (Å²) in [6.45, 7) is 1.85. The first-order valence-corrected chi connectivity index (χ1v) is 12.9. The molecule has 0 unspecified atom stereocenters. The van der Waals surface area contributed by atoms with Crippen LogP contribution in [0.15, 0.2) is 54.9 Å². The number of carboxylic acids is 1. The van der Waals surface area contributed by atoms with Crippen molar-refractivity contribution < 1.29 is 27.9 Å². The molecule has 0 bridgehead atoms. The number of aryl methyl sites for hydroxylation is 1. The molecule has 1 fully saturated rings. The van der Waals surface area contributed by atoms with Crippen LogP contribution in [0, 0.1) is 12.8 Å². The lowest BCUT2D eigenvalue weighted by atomic mass is 9.83. The normalized spacial score (nSPS) is 14.9. The number of anilines is 1. The fraction of sp³-hybridized carbons (Fsp3) is 0.345. The molecule has 200 valence electrons. The number of carboxylic acid groups (broad SMARTS) is 1. The van der Waals surface area contributed by atoms with E-state index in [1.54, 1.807) is 30.3 Å². The van der Waals surface area contributed by atoms with Crippen molar-refractivity contribution in [3.8, 4) is 11.1 Å². The molecular formula is C29H28ClF3N2O3. The summed E-state index contributed by atoms with van der Waals surface area (Å²) in [5, 5.41) is 12.4. The first-order valence-electron chi connectivity index (χ1n) is 12.5. The van der Waals surface area contributed by atoms with Crippen molar-refractivity contribution in [3.05, 3.63) is 82.1 Å². The van der Waals surface area contributed by atoms with Crippen LogP contribution in [0.5, 0.6) is 0 Å². The third kappa shape index (κ3) is 6.35. The molecule has 9 heteroatoms. The quantitative estimate of drug-likeness (QED) is 0.305. The lowest BCUT2D eigenvalue weighted by Gasteiger charge is -2.25. The minimum Gasteiger partial charge on any atom is -0.481 e. The highest BCUT2D eigenvalue weighted by Gasteiger charge is 2.34. The molecule has 1 saturated carbocycles. The topological polar surface area (TPSA) is 79.3 Å². The fourth-order valence-electron chi connectivity index (χ4n) is 5.15. The zero-order valence-electron chi connectivity index (χ0n) is 20.8. The number of aromatic nitrogens is 1. The molecule has 3 aromatic rings. The molecule has 2 N–H and O–H groups in total. The van der Waals surface area contributed by atoms with Crippen LogP contribution in [0.1, 0.15) is 60.3 Å². The number of carbonyl (C=O) groups excluding carboxylic acids is 1. The summed E-state index contributed by atoms with van der Waals surface area (Å²) >= 11 is 6.68. The molecular weight excluding hydrogens is 517 g/mol. The van der Waals surface area contributed by atoms with Crippen LogP contribution in [0.3, 0.4) is 0 Å². The van der Waals surface area contributed by atoms with Gasteiger partial charge in [-0.1, -0.05) is 48.7 Å². The second kappa shape index (κ2) is 11.6. The van der Waals surface area contributed by atoms with Crippen molar-refractivity contribution in [3.63, 3.8) is 0 Å². The van der Waals surface area contributed by atoms with E-state index in [4.69, 9.17) is 16.7 Å². The Morgan fingerprint density at radius 1 is 1.11 bits per heavy atom. The SMILES string of the molecule is Cc1c(CCC(=O)O)cccc1NC(=O)[C@@H](c1ccc(-c2cncc(C(F)(F)F)c2)cc1Cl)C1CCCC1. The van der Waals surface area contributed by atoms with E-state index in [1.807, 2.05) is 13.0 Å². The molecule has 1 aromatic heterocycles. The number of nitrogens with zero attached hydrogens (tertiary/aromatic N) is 1. The van der Waals surface area contributed by atoms with E-state index < -0.39 is 23.6 Å². The summed E-state index contributed by atoms with van der Waals surface area (Å²) in [7, 11) is 0. The van der Waals surface area contributed by atoms with Crippen molar-refractivity contribution in [1.29, 1.82) is 0 Å². The van der Waals surface area contributed by atoms with E-state index in [9.17, 15) is 22.8 Å². The molecule has 1 aliphatic carbocycles. The Morgan fingerprint density at radius 2 is 1.84 bits per heavy atom. The lowest BCUT2D eigenvalue weighted by Crippen LogP contribution is -2.27. The molecule has 1 aliphatic rings. The highest BCUT2D eigenvalue weighted by molar-refractivity contribution is 6.32. The molecule has 0 radical (unpaired) electrons. The van der Waals surface area contributed by atoms with E-state index in [0.29, 0.717) is 28.3 Å². The average Bonchev–Trinajstić information content (AvgIpc) is 3.39. The summed E-state index contributed by atoms with van der Waals surface area (Å²) < 4.78 is 39.5. The smallest absolute Gasteiger partial charge is 0.417 e. The van der Waals surface area contributed by atoms with Crippen LogP contribution in [-0.2, 0) is 22.2 Å². The highest BCUT2D eigenvalue weighted by atomic mass is 35.5. The summed E-state index contributed by atoms with van der Waals surface area (Å²) in [4.78, 5) is 28.4. The number of halogens is 4. The minimum atomic E-state index is -4.51. The third-order valence-corrected chi connectivity index (χ3v) is 7.53. The van der Waals surface area contributed by atoms with E-state index in [0.717, 1.165) is 49.1 Å². The van der Waals surface area contributed by atoms with Crippen LogP contribution in [0.4, 0.5) is 18.9 Å². The van der Waals surface area contributed by atoms with E-state index in [1.165, 1.54) is 6.20 Å². The molecule has 4 rings (SSSR count). The summed E-state index contributed by atoms with van der Waals surface area (Å²) in [5.41, 5.74) is 2.81. The van der Waals surface area contributed by atoms with Crippen LogP contribution in [-0.4, -0.2) is 22.0 Å². The maximum absolute atomic E-state index is 13.7. The largest absolute Gasteiger partial charge is 0.481 e. The Balaban J connectivity index is 1.63. The predicted octanol–water partition coefficient (Wildman–Crippen LogP) is 7.66. The van der Waals surface area contributed by atoms with E-state index in [-0.39, 0.29) is 23.8 Å². The van der Waals surface area contributed by atoms with Gasteiger partial charge in [-0.05, 0) is 72.6 Å². The van der Waals surface area contributed by atoms with Crippen molar-refractivity contribution in [2.45, 2.75) is 57.5 Å². The van der Waals surface area contributed by atoms with Crippen molar-refractivity contribution in [2.75, 3.05) is 5.32 Å². The minimum absolute atomic E-state index is 0.00765. The molecule has 1 atom stereocenters. The number of carbonyl (C=O) groups is 2. The van der Waals surface area contributed by atoms with Crippen LogP contribution in [0.2, 0.25) is 5.02 Å². The van der Waals surface area contributed by atoms with Gasteiger partial charge in [-0.2, -0.15) is 13.2 Å². The Kier molecular flexibility index (Phi) is 8.41. The molecule has 0 aliphatic heterocycles. The molecule has 1 heterocycles. The zero-order chi connectivity index (χ0) is 27.4. The van der Waals surface area contributed by atoms with Crippen LogP contribution >= 0.6 is 11.6 Å². The summed E-state index contributed by atoms with van der Waals surface area (Å²) in [6.07, 6.45) is 1.70. The number of pyridine rings is 1. The van der Waals surface area contributed by atoms with Gasteiger partial charge in [-0.3, -0.25) is 14.6 Å². The molecule has 5 nitrogen and oxygen atoms in total. The summed E-state index contributed by atoms with van der Waals surface area (Å²) in [6, 6.07) is 11.4. The Hall–Kier alpha value is -3.39. The van der Waals surface area contributed by atoms with Crippen LogP contribution < -0.4 is 5.32 Å². The van der Waals surface area contributed by atoms with Gasteiger partial charge in [0.15, 0.2) is 0 Å². The van der Waals surface area contributed by atoms with Crippen molar-refractivity contribution in [2.24, 2.45) is 5.92 Å². The Labute approximate surface area is 224 Å². The molecule has 0 saturated heterocycles. The molecule has 1 amide bonds. The maximum atomic E-state index is 13.7. The van der Waals surface area contributed by atoms with E-state index in [2.05, 4.69) is 10.3 Å². The van der Waals surface area contributed by atoms with Gasteiger partial charge in [0.1, 0.15) is 0 Å². The number of aliphatic carboxylic acids is 1. The first kappa shape index (κ1) is 27.6. The van der Waals surface area contributed by atoms with Crippen molar-refractivity contribution in [1.82, 2.24) is 4.98 Å². The van der Waals surface area contributed by atoms with Gasteiger partial charge in [-0.15, -0.1) is 0 Å². The monoisotopic (exact) mass is 544 g/mol. The molecule has 38 heavy (non-hydrogen) atoms. The Morgan fingerprint density at radius 3 is 2.50 bits per heavy atom. The van der Waals surface area contributed by atoms with Gasteiger partial charge in [0, 0.05) is 35.1 Å². The standard InChI is InChI=1S/C29H28ClF3N2O3/c1-17-18(10-12-26(36)37)7-4-8-25(17)35-28(38)27(19-5-2-3-6-19)23-11-9-20(14-24(23)30)21-13-22(16-34-15-21)29(31,32)33/h4,7-9,11,13-16,19,27H,2-3,5-6,10,12H2,1H3,(H,35,38)(H,36,37)/t27-/m1/s1. The van der Waals surface area contributed by atoms with E-state index >= 15 is 0 Å². The number of hydrogen-bond donors (Lipinski definition) is 2. The highest BCUT2D eigenvalue weighted by Crippen LogP contribution is 2.42. The number of benzene rings is 2. The summed E-state index contributed by atoms with van der Waals surface area (Å²) in [5.74, 6) is -1.57. The zero-order valence-corrected chi connectivity index (χ0v) is 21.6. The maximum Gasteiger partial charge on any atom is 0.417 e. The number of nitrogens with one attached hydrogen (secondary N) is 1. The average molecular weight is 545 g/mol. The number of rotatable bonds is 8. The third-order valence-electron chi connectivity index (χ3n) is 7.20. The molecule has 2 aromatic carbocycles. The Bertz CT molecular complexity index is 1340. The van der Waals surface area contributed by atoms with Gasteiger partial charge >= 0.3 is 12.1 Å². The lowest BCUT2D eigenvalue weighted by molar-refractivity contribution is -0.138. The van der Waals surface area contributed by atoms with Gasteiger partial charge in [-0.25, -0.2) is 0 Å². The van der Waals surface area contributed by atoms with Gasteiger partial charge in [0.2, 0.25) is 5.91 Å². The predicted molar refractivity (Wildman–Crippen MR) is 140 cm³/mol. The molecule has 0 spiro atoms. The van der Waals surface area contributed by atoms with Gasteiger partial charge in [0.05, 0.1) is 11.5 Å². The number of hydrogen-bond acceptors (Lipinski definition) is 3. The van der Waals surface area contributed by atoms with Gasteiger partial charge < -0.3 is 10.4 Å².